The number of rotatable bonds is 5. The van der Waals surface area contributed by atoms with E-state index in [1.54, 1.807) is 0 Å². The molecule has 0 aliphatic heterocycles. The maximum absolute atomic E-state index is 5.31. The smallest absolute Gasteiger partial charge is 0.168 e. The van der Waals surface area contributed by atoms with Crippen molar-refractivity contribution in [3.63, 3.8) is 0 Å². The van der Waals surface area contributed by atoms with Gasteiger partial charge in [-0.25, -0.2) is 0 Å². The van der Waals surface area contributed by atoms with E-state index in [2.05, 4.69) is 35.4 Å². The molecule has 0 saturated carbocycles. The van der Waals surface area contributed by atoms with E-state index in [1.807, 2.05) is 18.7 Å². The fourth-order valence-corrected chi connectivity index (χ4v) is 1.74. The van der Waals surface area contributed by atoms with E-state index in [4.69, 9.17) is 12.2 Å². The molecule has 0 aliphatic rings. The van der Waals surface area contributed by atoms with Gasteiger partial charge in [0.05, 0.1) is 5.69 Å². The molecule has 0 saturated heterocycles. The van der Waals surface area contributed by atoms with Gasteiger partial charge < -0.3 is 10.2 Å². The fraction of sp³-hybridized carbons (Fsp3) is 0.667. The lowest BCUT2D eigenvalue weighted by Crippen LogP contribution is -2.36. The van der Waals surface area contributed by atoms with Gasteiger partial charge in [0.1, 0.15) is 0 Å². The predicted octanol–water partition coefficient (Wildman–Crippen LogP) is 1.93. The average Bonchev–Trinajstić information content (AvgIpc) is 2.67. The van der Waals surface area contributed by atoms with Crippen LogP contribution in [0.25, 0.3) is 0 Å². The molecule has 1 aromatic rings. The van der Waals surface area contributed by atoms with Crippen molar-refractivity contribution in [2.24, 2.45) is 0 Å². The number of thiocarbonyl (C=S) groups is 1. The molecule has 0 aromatic carbocycles. The van der Waals surface area contributed by atoms with Gasteiger partial charge in [0.15, 0.2) is 5.11 Å². The molecule has 0 atom stereocenters. The van der Waals surface area contributed by atoms with Gasteiger partial charge in [0, 0.05) is 38.4 Å². The lowest BCUT2D eigenvalue weighted by Gasteiger charge is -2.20. The molecule has 5 heteroatoms. The van der Waals surface area contributed by atoms with Crippen LogP contribution in [0.3, 0.4) is 0 Å². The second kappa shape index (κ2) is 6.59. The van der Waals surface area contributed by atoms with E-state index in [0.29, 0.717) is 0 Å². The van der Waals surface area contributed by atoms with Crippen LogP contribution < -0.4 is 5.32 Å². The Labute approximate surface area is 109 Å². The zero-order valence-corrected chi connectivity index (χ0v) is 12.0. The lowest BCUT2D eigenvalue weighted by molar-refractivity contribution is 0.487. The van der Waals surface area contributed by atoms with Gasteiger partial charge in [-0.15, -0.1) is 0 Å². The van der Waals surface area contributed by atoms with E-state index in [9.17, 15) is 0 Å². The summed E-state index contributed by atoms with van der Waals surface area (Å²) in [5.41, 5.74) is 2.31. The second-order valence-corrected chi connectivity index (χ2v) is 4.57. The third-order valence-corrected chi connectivity index (χ3v) is 3.11. The molecule has 0 unspecified atom stereocenters. The van der Waals surface area contributed by atoms with Gasteiger partial charge in [-0.2, -0.15) is 5.10 Å². The number of nitrogens with one attached hydrogen (secondary N) is 1. The van der Waals surface area contributed by atoms with Crippen LogP contribution in [0.5, 0.6) is 0 Å². The SMILES string of the molecule is CCCNC(=S)N(C)Cc1cn(CC)nc1C. The van der Waals surface area contributed by atoms with E-state index < -0.39 is 0 Å². The first-order valence-electron chi connectivity index (χ1n) is 6.10. The summed E-state index contributed by atoms with van der Waals surface area (Å²) in [7, 11) is 2.01. The van der Waals surface area contributed by atoms with Crippen LogP contribution in [0.1, 0.15) is 31.5 Å². The molecule has 1 rings (SSSR count). The van der Waals surface area contributed by atoms with Crippen molar-refractivity contribution in [2.75, 3.05) is 13.6 Å². The molecule has 0 fully saturated rings. The highest BCUT2D eigenvalue weighted by Gasteiger charge is 2.09. The Balaban J connectivity index is 2.57. The number of aromatic nitrogens is 2. The number of nitrogens with zero attached hydrogens (tertiary/aromatic N) is 3. The van der Waals surface area contributed by atoms with Crippen molar-refractivity contribution in [3.05, 3.63) is 17.5 Å². The van der Waals surface area contributed by atoms with Crippen LogP contribution in [0, 0.1) is 6.92 Å². The molecular formula is C12H22N4S. The molecular weight excluding hydrogens is 232 g/mol. The number of aryl methyl sites for hydroxylation is 2. The van der Waals surface area contributed by atoms with Gasteiger partial charge in [0.2, 0.25) is 0 Å². The maximum atomic E-state index is 5.31. The Morgan fingerprint density at radius 3 is 2.76 bits per heavy atom. The molecule has 0 spiro atoms. The van der Waals surface area contributed by atoms with Crippen molar-refractivity contribution in [1.82, 2.24) is 20.0 Å². The van der Waals surface area contributed by atoms with Gasteiger partial charge in [-0.1, -0.05) is 6.92 Å². The Morgan fingerprint density at radius 1 is 1.53 bits per heavy atom. The van der Waals surface area contributed by atoms with Gasteiger partial charge in [0.25, 0.3) is 0 Å². The third-order valence-electron chi connectivity index (χ3n) is 2.65. The minimum Gasteiger partial charge on any atom is -0.363 e. The molecule has 1 heterocycles. The molecule has 0 radical (unpaired) electrons. The fourth-order valence-electron chi connectivity index (χ4n) is 1.57. The van der Waals surface area contributed by atoms with Gasteiger partial charge in [-0.3, -0.25) is 4.68 Å². The predicted molar refractivity (Wildman–Crippen MR) is 75.0 cm³/mol. The summed E-state index contributed by atoms with van der Waals surface area (Å²) in [6, 6.07) is 0. The zero-order chi connectivity index (χ0) is 12.8. The summed E-state index contributed by atoms with van der Waals surface area (Å²) in [5, 5.41) is 8.45. The van der Waals surface area contributed by atoms with Crippen molar-refractivity contribution in [1.29, 1.82) is 0 Å². The topological polar surface area (TPSA) is 33.1 Å². The van der Waals surface area contributed by atoms with E-state index >= 15 is 0 Å². The normalized spacial score (nSPS) is 10.4. The lowest BCUT2D eigenvalue weighted by atomic mass is 10.2. The molecule has 17 heavy (non-hydrogen) atoms. The van der Waals surface area contributed by atoms with E-state index in [-0.39, 0.29) is 0 Å². The van der Waals surface area contributed by atoms with E-state index in [0.717, 1.165) is 36.9 Å². The number of hydrogen-bond acceptors (Lipinski definition) is 2. The Morgan fingerprint density at radius 2 is 2.24 bits per heavy atom. The average molecular weight is 254 g/mol. The van der Waals surface area contributed by atoms with Gasteiger partial charge in [-0.05, 0) is 32.5 Å². The van der Waals surface area contributed by atoms with Crippen molar-refractivity contribution in [3.8, 4) is 0 Å². The van der Waals surface area contributed by atoms with Crippen LogP contribution >= 0.6 is 12.2 Å². The maximum Gasteiger partial charge on any atom is 0.168 e. The summed E-state index contributed by atoms with van der Waals surface area (Å²) >= 11 is 5.31. The van der Waals surface area contributed by atoms with Crippen molar-refractivity contribution >= 4 is 17.3 Å². The largest absolute Gasteiger partial charge is 0.363 e. The molecule has 4 nitrogen and oxygen atoms in total. The van der Waals surface area contributed by atoms with Crippen LogP contribution in [-0.2, 0) is 13.1 Å². The quantitative estimate of drug-likeness (QED) is 0.814. The zero-order valence-electron chi connectivity index (χ0n) is 11.2. The Kier molecular flexibility index (Phi) is 5.41. The number of hydrogen-bond donors (Lipinski definition) is 1. The van der Waals surface area contributed by atoms with Crippen molar-refractivity contribution < 1.29 is 0 Å². The van der Waals surface area contributed by atoms with Crippen LogP contribution in [-0.4, -0.2) is 33.4 Å². The van der Waals surface area contributed by atoms with Crippen molar-refractivity contribution in [2.45, 2.75) is 40.3 Å². The van der Waals surface area contributed by atoms with Crippen LogP contribution in [0.4, 0.5) is 0 Å². The second-order valence-electron chi connectivity index (χ2n) is 4.18. The summed E-state index contributed by atoms with van der Waals surface area (Å²) in [5.74, 6) is 0. The monoisotopic (exact) mass is 254 g/mol. The Bertz CT molecular complexity index is 373. The molecule has 0 amide bonds. The third kappa shape index (κ3) is 4.00. The molecule has 0 aliphatic carbocycles. The van der Waals surface area contributed by atoms with E-state index in [1.165, 1.54) is 5.56 Å². The first-order valence-corrected chi connectivity index (χ1v) is 6.51. The van der Waals surface area contributed by atoms with Gasteiger partial charge >= 0.3 is 0 Å². The highest BCUT2D eigenvalue weighted by molar-refractivity contribution is 7.80. The molecule has 1 N–H and O–H groups in total. The minimum absolute atomic E-state index is 0.801. The highest BCUT2D eigenvalue weighted by Crippen LogP contribution is 2.08. The summed E-state index contributed by atoms with van der Waals surface area (Å²) in [4.78, 5) is 2.05. The minimum atomic E-state index is 0.801. The first-order chi connectivity index (χ1) is 8.08. The molecule has 0 bridgehead atoms. The summed E-state index contributed by atoms with van der Waals surface area (Å²) < 4.78 is 1.96. The standard InChI is InChI=1S/C12H22N4S/c1-5-7-13-12(17)15(4)8-11-9-16(6-2)14-10(11)3/h9H,5-8H2,1-4H3,(H,13,17). The summed E-state index contributed by atoms with van der Waals surface area (Å²) in [6.07, 6.45) is 3.18. The highest BCUT2D eigenvalue weighted by atomic mass is 32.1. The molecule has 1 aromatic heterocycles. The van der Waals surface area contributed by atoms with Crippen LogP contribution in [0.15, 0.2) is 6.20 Å². The Hall–Kier alpha value is -1.10. The summed E-state index contributed by atoms with van der Waals surface area (Å²) in [6.45, 7) is 8.90. The first kappa shape index (κ1) is 14.0. The van der Waals surface area contributed by atoms with Crippen LogP contribution in [0.2, 0.25) is 0 Å². The molecule has 96 valence electrons.